The van der Waals surface area contributed by atoms with Crippen LogP contribution in [0.3, 0.4) is 0 Å². The van der Waals surface area contributed by atoms with Gasteiger partial charge in [-0.3, -0.25) is 4.90 Å². The molecule has 19 heavy (non-hydrogen) atoms. The number of nitrogens with zero attached hydrogens (tertiary/aromatic N) is 1. The van der Waals surface area contributed by atoms with E-state index >= 15 is 0 Å². The predicted molar refractivity (Wildman–Crippen MR) is 69.8 cm³/mol. The monoisotopic (exact) mass is 270 g/mol. The van der Waals surface area contributed by atoms with Crippen LogP contribution in [0.25, 0.3) is 0 Å². The SMILES string of the molecule is CC1CN(CCC(N)c2cccc(F)c2F)CCO1. The Morgan fingerprint density at radius 2 is 2.26 bits per heavy atom. The average molecular weight is 270 g/mol. The van der Waals surface area contributed by atoms with Gasteiger partial charge < -0.3 is 10.5 Å². The summed E-state index contributed by atoms with van der Waals surface area (Å²) >= 11 is 0. The van der Waals surface area contributed by atoms with Crippen molar-refractivity contribution >= 4 is 0 Å². The molecule has 2 N–H and O–H groups in total. The van der Waals surface area contributed by atoms with Crippen LogP contribution in [0.2, 0.25) is 0 Å². The van der Waals surface area contributed by atoms with Gasteiger partial charge in [-0.15, -0.1) is 0 Å². The number of hydrogen-bond donors (Lipinski definition) is 1. The molecule has 0 aromatic heterocycles. The largest absolute Gasteiger partial charge is 0.376 e. The maximum absolute atomic E-state index is 13.6. The lowest BCUT2D eigenvalue weighted by Gasteiger charge is -2.31. The van der Waals surface area contributed by atoms with E-state index in [-0.39, 0.29) is 11.7 Å². The van der Waals surface area contributed by atoms with Crippen molar-refractivity contribution in [2.75, 3.05) is 26.2 Å². The molecule has 5 heteroatoms. The van der Waals surface area contributed by atoms with Gasteiger partial charge in [-0.05, 0) is 19.4 Å². The van der Waals surface area contributed by atoms with Crippen molar-refractivity contribution in [1.29, 1.82) is 0 Å². The highest BCUT2D eigenvalue weighted by molar-refractivity contribution is 5.22. The van der Waals surface area contributed by atoms with E-state index in [1.807, 2.05) is 6.92 Å². The summed E-state index contributed by atoms with van der Waals surface area (Å²) in [5.41, 5.74) is 6.20. The third-order valence-electron chi connectivity index (χ3n) is 3.46. The number of ether oxygens (including phenoxy) is 1. The molecular weight excluding hydrogens is 250 g/mol. The highest BCUT2D eigenvalue weighted by Gasteiger charge is 2.19. The summed E-state index contributed by atoms with van der Waals surface area (Å²) in [6.07, 6.45) is 0.823. The van der Waals surface area contributed by atoms with Gasteiger partial charge in [0.15, 0.2) is 11.6 Å². The lowest BCUT2D eigenvalue weighted by Crippen LogP contribution is -2.42. The summed E-state index contributed by atoms with van der Waals surface area (Å²) in [5.74, 6) is -1.67. The third-order valence-corrected chi connectivity index (χ3v) is 3.46. The van der Waals surface area contributed by atoms with Gasteiger partial charge in [0.1, 0.15) is 0 Å². The first-order valence-corrected chi connectivity index (χ1v) is 6.61. The van der Waals surface area contributed by atoms with Crippen LogP contribution in [0.15, 0.2) is 18.2 Å². The molecule has 0 radical (unpaired) electrons. The normalized spacial score (nSPS) is 22.4. The summed E-state index contributed by atoms with van der Waals surface area (Å²) < 4.78 is 32.2. The number of hydrogen-bond acceptors (Lipinski definition) is 3. The van der Waals surface area contributed by atoms with Crippen LogP contribution in [-0.2, 0) is 4.74 Å². The van der Waals surface area contributed by atoms with Gasteiger partial charge in [0, 0.05) is 31.2 Å². The molecule has 1 aromatic rings. The molecule has 1 aromatic carbocycles. The molecular formula is C14H20F2N2O. The van der Waals surface area contributed by atoms with Crippen LogP contribution in [-0.4, -0.2) is 37.2 Å². The Hall–Kier alpha value is -1.04. The Balaban J connectivity index is 1.90. The fourth-order valence-electron chi connectivity index (χ4n) is 2.38. The van der Waals surface area contributed by atoms with Crippen molar-refractivity contribution in [3.05, 3.63) is 35.4 Å². The summed E-state index contributed by atoms with van der Waals surface area (Å²) in [5, 5.41) is 0. The van der Waals surface area contributed by atoms with Crippen LogP contribution in [0.1, 0.15) is 24.9 Å². The minimum Gasteiger partial charge on any atom is -0.376 e. The number of rotatable bonds is 4. The topological polar surface area (TPSA) is 38.5 Å². The van der Waals surface area contributed by atoms with Crippen LogP contribution in [0.4, 0.5) is 8.78 Å². The molecule has 1 fully saturated rings. The standard InChI is InChI=1S/C14H20F2N2O/c1-10-9-18(7-8-19-10)6-5-13(17)11-3-2-4-12(15)14(11)16/h2-4,10,13H,5-9,17H2,1H3. The molecule has 106 valence electrons. The van der Waals surface area contributed by atoms with Crippen molar-refractivity contribution in [3.63, 3.8) is 0 Å². The Morgan fingerprint density at radius 3 is 3.00 bits per heavy atom. The predicted octanol–water partition coefficient (Wildman–Crippen LogP) is 2.08. The molecule has 0 amide bonds. The van der Waals surface area contributed by atoms with Crippen molar-refractivity contribution in [3.8, 4) is 0 Å². The van der Waals surface area contributed by atoms with Crippen molar-refractivity contribution in [2.45, 2.75) is 25.5 Å². The molecule has 2 unspecified atom stereocenters. The maximum Gasteiger partial charge on any atom is 0.163 e. The second-order valence-electron chi connectivity index (χ2n) is 5.02. The summed E-state index contributed by atoms with van der Waals surface area (Å²) in [6, 6.07) is 3.67. The van der Waals surface area contributed by atoms with E-state index in [4.69, 9.17) is 10.5 Å². The molecule has 0 saturated carbocycles. The zero-order chi connectivity index (χ0) is 13.8. The summed E-state index contributed by atoms with van der Waals surface area (Å²) in [6.45, 7) is 5.23. The quantitative estimate of drug-likeness (QED) is 0.910. The second kappa shape index (κ2) is 6.41. The number of benzene rings is 1. The molecule has 1 aliphatic rings. The van der Waals surface area contributed by atoms with E-state index in [1.165, 1.54) is 6.07 Å². The van der Waals surface area contributed by atoms with Crippen molar-refractivity contribution in [1.82, 2.24) is 4.90 Å². The van der Waals surface area contributed by atoms with E-state index in [0.717, 1.165) is 25.7 Å². The minimum atomic E-state index is -0.840. The molecule has 0 spiro atoms. The van der Waals surface area contributed by atoms with Crippen molar-refractivity contribution in [2.24, 2.45) is 5.73 Å². The molecule has 0 bridgehead atoms. The fourth-order valence-corrected chi connectivity index (χ4v) is 2.38. The Bertz CT molecular complexity index is 428. The molecule has 0 aliphatic carbocycles. The van der Waals surface area contributed by atoms with Crippen LogP contribution in [0, 0.1) is 11.6 Å². The Kier molecular flexibility index (Phi) is 4.85. The summed E-state index contributed by atoms with van der Waals surface area (Å²) in [4.78, 5) is 2.24. The zero-order valence-electron chi connectivity index (χ0n) is 11.1. The highest BCUT2D eigenvalue weighted by Crippen LogP contribution is 2.20. The zero-order valence-corrected chi connectivity index (χ0v) is 11.1. The van der Waals surface area contributed by atoms with Gasteiger partial charge >= 0.3 is 0 Å². The van der Waals surface area contributed by atoms with Gasteiger partial charge in [-0.1, -0.05) is 12.1 Å². The van der Waals surface area contributed by atoms with E-state index in [9.17, 15) is 8.78 Å². The van der Waals surface area contributed by atoms with Gasteiger partial charge in [-0.25, -0.2) is 8.78 Å². The lowest BCUT2D eigenvalue weighted by molar-refractivity contribution is -0.0189. The molecule has 1 saturated heterocycles. The highest BCUT2D eigenvalue weighted by atomic mass is 19.2. The van der Waals surface area contributed by atoms with E-state index in [2.05, 4.69) is 4.90 Å². The van der Waals surface area contributed by atoms with E-state index in [0.29, 0.717) is 13.0 Å². The van der Waals surface area contributed by atoms with Crippen LogP contribution >= 0.6 is 0 Å². The lowest BCUT2D eigenvalue weighted by atomic mass is 10.0. The van der Waals surface area contributed by atoms with Gasteiger partial charge in [-0.2, -0.15) is 0 Å². The maximum atomic E-state index is 13.6. The first kappa shape index (κ1) is 14.4. The van der Waals surface area contributed by atoms with E-state index < -0.39 is 17.7 Å². The van der Waals surface area contributed by atoms with E-state index in [1.54, 1.807) is 6.07 Å². The molecule has 1 heterocycles. The van der Waals surface area contributed by atoms with Crippen LogP contribution in [0.5, 0.6) is 0 Å². The summed E-state index contributed by atoms with van der Waals surface area (Å²) in [7, 11) is 0. The first-order chi connectivity index (χ1) is 9.08. The average Bonchev–Trinajstić information content (AvgIpc) is 2.39. The fraction of sp³-hybridized carbons (Fsp3) is 0.571. The van der Waals surface area contributed by atoms with Gasteiger partial charge in [0.05, 0.1) is 12.7 Å². The number of nitrogens with two attached hydrogens (primary N) is 1. The van der Waals surface area contributed by atoms with Crippen LogP contribution < -0.4 is 5.73 Å². The van der Waals surface area contributed by atoms with Crippen molar-refractivity contribution < 1.29 is 13.5 Å². The molecule has 2 atom stereocenters. The molecule has 1 aliphatic heterocycles. The molecule has 2 rings (SSSR count). The number of morpholine rings is 1. The second-order valence-corrected chi connectivity index (χ2v) is 5.02. The van der Waals surface area contributed by atoms with Gasteiger partial charge in [0.2, 0.25) is 0 Å². The Labute approximate surface area is 112 Å². The first-order valence-electron chi connectivity index (χ1n) is 6.61. The third kappa shape index (κ3) is 3.72. The smallest absolute Gasteiger partial charge is 0.163 e. The minimum absolute atomic E-state index is 0.218. The number of halogens is 2. The Morgan fingerprint density at radius 1 is 1.47 bits per heavy atom. The van der Waals surface area contributed by atoms with Gasteiger partial charge in [0.25, 0.3) is 0 Å². The molecule has 3 nitrogen and oxygen atoms in total.